The summed E-state index contributed by atoms with van der Waals surface area (Å²) in [6.07, 6.45) is 4.06. The summed E-state index contributed by atoms with van der Waals surface area (Å²) >= 11 is 0. The molecule has 3 heteroatoms. The summed E-state index contributed by atoms with van der Waals surface area (Å²) in [5, 5.41) is 18.8. The van der Waals surface area contributed by atoms with E-state index in [2.05, 4.69) is 13.8 Å². The van der Waals surface area contributed by atoms with Gasteiger partial charge in [0.25, 0.3) is 0 Å². The number of carbonyl (C=O) groups is 1. The van der Waals surface area contributed by atoms with E-state index in [0.29, 0.717) is 12.8 Å². The van der Waals surface area contributed by atoms with Crippen molar-refractivity contribution in [2.24, 2.45) is 5.41 Å². The Balaban J connectivity index is 2.60. The van der Waals surface area contributed by atoms with Gasteiger partial charge < -0.3 is 10.2 Å². The van der Waals surface area contributed by atoms with Gasteiger partial charge in [-0.3, -0.25) is 4.79 Å². The van der Waals surface area contributed by atoms with Crippen LogP contribution in [0.1, 0.15) is 52.4 Å². The van der Waals surface area contributed by atoms with Crippen LogP contribution in [-0.2, 0) is 4.79 Å². The quantitative estimate of drug-likeness (QED) is 0.672. The summed E-state index contributed by atoms with van der Waals surface area (Å²) in [7, 11) is 0. The van der Waals surface area contributed by atoms with Crippen LogP contribution >= 0.6 is 0 Å². The Kier molecular flexibility index (Phi) is 3.20. The smallest absolute Gasteiger partial charge is 0.306 e. The molecule has 1 atom stereocenters. The van der Waals surface area contributed by atoms with Crippen LogP contribution in [0, 0.1) is 5.41 Å². The zero-order valence-corrected chi connectivity index (χ0v) is 9.05. The van der Waals surface area contributed by atoms with Gasteiger partial charge in [-0.15, -0.1) is 0 Å². The first-order valence-electron chi connectivity index (χ1n) is 5.27. The average molecular weight is 200 g/mol. The molecule has 0 aliphatic heterocycles. The third-order valence-corrected chi connectivity index (χ3v) is 3.24. The zero-order valence-electron chi connectivity index (χ0n) is 9.05. The van der Waals surface area contributed by atoms with Gasteiger partial charge in [-0.2, -0.15) is 0 Å². The molecule has 0 amide bonds. The molecule has 1 fully saturated rings. The van der Waals surface area contributed by atoms with E-state index in [4.69, 9.17) is 5.11 Å². The molecule has 0 aromatic heterocycles. The molecule has 82 valence electrons. The van der Waals surface area contributed by atoms with E-state index < -0.39 is 11.6 Å². The fraction of sp³-hybridized carbons (Fsp3) is 0.909. The Morgan fingerprint density at radius 2 is 1.86 bits per heavy atom. The lowest BCUT2D eigenvalue weighted by atomic mass is 9.84. The maximum absolute atomic E-state index is 10.6. The first-order valence-corrected chi connectivity index (χ1v) is 5.27. The lowest BCUT2D eigenvalue weighted by Crippen LogP contribution is -2.31. The normalized spacial score (nSPS) is 32.2. The third-order valence-electron chi connectivity index (χ3n) is 3.24. The Labute approximate surface area is 85.1 Å². The van der Waals surface area contributed by atoms with Crippen molar-refractivity contribution in [3.63, 3.8) is 0 Å². The largest absolute Gasteiger partial charge is 0.481 e. The molecule has 14 heavy (non-hydrogen) atoms. The van der Waals surface area contributed by atoms with Crippen molar-refractivity contribution < 1.29 is 15.0 Å². The van der Waals surface area contributed by atoms with Gasteiger partial charge in [-0.25, -0.2) is 0 Å². The Hall–Kier alpha value is -0.570. The highest BCUT2D eigenvalue weighted by molar-refractivity contribution is 5.68. The predicted octanol–water partition coefficient (Wildman–Crippen LogP) is 2.18. The number of hydrogen-bond donors (Lipinski definition) is 2. The lowest BCUT2D eigenvalue weighted by Gasteiger charge is -2.26. The third kappa shape index (κ3) is 3.29. The van der Waals surface area contributed by atoms with Crippen molar-refractivity contribution in [2.75, 3.05) is 0 Å². The summed E-state index contributed by atoms with van der Waals surface area (Å²) in [5.74, 6) is -0.896. The maximum atomic E-state index is 10.6. The maximum Gasteiger partial charge on any atom is 0.306 e. The van der Waals surface area contributed by atoms with Crippen LogP contribution in [-0.4, -0.2) is 21.8 Å². The van der Waals surface area contributed by atoms with Crippen LogP contribution in [0.5, 0.6) is 0 Å². The number of aliphatic hydroxyl groups is 1. The Morgan fingerprint density at radius 3 is 2.43 bits per heavy atom. The molecule has 1 aliphatic carbocycles. The van der Waals surface area contributed by atoms with E-state index in [-0.39, 0.29) is 11.8 Å². The molecule has 2 N–H and O–H groups in total. The monoisotopic (exact) mass is 200 g/mol. The van der Waals surface area contributed by atoms with Crippen LogP contribution < -0.4 is 0 Å². The fourth-order valence-corrected chi connectivity index (χ4v) is 2.18. The summed E-state index contributed by atoms with van der Waals surface area (Å²) in [4.78, 5) is 10.6. The SMILES string of the molecule is CC1(C)CCCC(O)(CC(=O)O)CC1. The highest BCUT2D eigenvalue weighted by Gasteiger charge is 2.35. The number of carboxylic acid groups (broad SMARTS) is 1. The minimum Gasteiger partial charge on any atom is -0.481 e. The average Bonchev–Trinajstić information content (AvgIpc) is 2.10. The van der Waals surface area contributed by atoms with Gasteiger partial charge in [-0.1, -0.05) is 20.3 Å². The van der Waals surface area contributed by atoms with E-state index in [9.17, 15) is 9.90 Å². The second-order valence-corrected chi connectivity index (χ2v) is 5.31. The number of carboxylic acids is 1. The van der Waals surface area contributed by atoms with Crippen molar-refractivity contribution in [1.82, 2.24) is 0 Å². The predicted molar refractivity (Wildman–Crippen MR) is 54.1 cm³/mol. The van der Waals surface area contributed by atoms with E-state index in [1.807, 2.05) is 0 Å². The minimum absolute atomic E-state index is 0.108. The fourth-order valence-electron chi connectivity index (χ4n) is 2.18. The molecule has 1 saturated carbocycles. The van der Waals surface area contributed by atoms with Gasteiger partial charge in [0.2, 0.25) is 0 Å². The summed E-state index contributed by atoms with van der Waals surface area (Å²) in [5.41, 5.74) is -0.706. The van der Waals surface area contributed by atoms with Gasteiger partial charge in [0, 0.05) is 0 Å². The van der Waals surface area contributed by atoms with Crippen LogP contribution in [0.2, 0.25) is 0 Å². The van der Waals surface area contributed by atoms with E-state index >= 15 is 0 Å². The summed E-state index contributed by atoms with van der Waals surface area (Å²) < 4.78 is 0. The highest BCUT2D eigenvalue weighted by atomic mass is 16.4. The van der Waals surface area contributed by atoms with Crippen molar-refractivity contribution in [3.05, 3.63) is 0 Å². The molecule has 0 bridgehead atoms. The van der Waals surface area contributed by atoms with E-state index in [1.165, 1.54) is 0 Å². The van der Waals surface area contributed by atoms with Crippen LogP contribution in [0.15, 0.2) is 0 Å². The van der Waals surface area contributed by atoms with Crippen molar-refractivity contribution >= 4 is 5.97 Å². The number of rotatable bonds is 2. The first kappa shape index (κ1) is 11.5. The molecular formula is C11H20O3. The minimum atomic E-state index is -0.959. The lowest BCUT2D eigenvalue weighted by molar-refractivity contribution is -0.143. The molecule has 0 spiro atoms. The number of hydrogen-bond acceptors (Lipinski definition) is 2. The Morgan fingerprint density at radius 1 is 1.21 bits per heavy atom. The molecular weight excluding hydrogens is 180 g/mol. The second kappa shape index (κ2) is 3.89. The molecule has 1 unspecified atom stereocenters. The molecule has 1 aliphatic rings. The van der Waals surface area contributed by atoms with Crippen LogP contribution in [0.4, 0.5) is 0 Å². The molecule has 0 heterocycles. The Bertz CT molecular complexity index is 223. The summed E-state index contributed by atoms with van der Waals surface area (Å²) in [6.45, 7) is 4.36. The summed E-state index contributed by atoms with van der Waals surface area (Å²) in [6, 6.07) is 0. The standard InChI is InChI=1S/C11H20O3/c1-10(2)4-3-5-11(14,7-6-10)8-9(12)13/h14H,3-8H2,1-2H3,(H,12,13). The molecule has 0 aromatic carbocycles. The topological polar surface area (TPSA) is 57.5 Å². The van der Waals surface area contributed by atoms with E-state index in [1.54, 1.807) is 0 Å². The van der Waals surface area contributed by atoms with Gasteiger partial charge in [0.05, 0.1) is 12.0 Å². The molecule has 1 rings (SSSR count). The zero-order chi connectivity index (χ0) is 10.8. The highest BCUT2D eigenvalue weighted by Crippen LogP contribution is 2.39. The molecule has 3 nitrogen and oxygen atoms in total. The molecule has 0 aromatic rings. The first-order chi connectivity index (χ1) is 6.33. The second-order valence-electron chi connectivity index (χ2n) is 5.31. The van der Waals surface area contributed by atoms with Crippen molar-refractivity contribution in [1.29, 1.82) is 0 Å². The van der Waals surface area contributed by atoms with Crippen molar-refractivity contribution in [2.45, 2.75) is 58.0 Å². The van der Waals surface area contributed by atoms with Gasteiger partial charge in [0.15, 0.2) is 0 Å². The van der Waals surface area contributed by atoms with E-state index in [0.717, 1.165) is 19.3 Å². The molecule has 0 saturated heterocycles. The van der Waals surface area contributed by atoms with Gasteiger partial charge in [0.1, 0.15) is 0 Å². The number of aliphatic carboxylic acids is 1. The molecule has 0 radical (unpaired) electrons. The van der Waals surface area contributed by atoms with Crippen LogP contribution in [0.3, 0.4) is 0 Å². The van der Waals surface area contributed by atoms with Gasteiger partial charge >= 0.3 is 5.97 Å². The van der Waals surface area contributed by atoms with Gasteiger partial charge in [-0.05, 0) is 31.1 Å². The van der Waals surface area contributed by atoms with Crippen LogP contribution in [0.25, 0.3) is 0 Å². The van der Waals surface area contributed by atoms with Crippen molar-refractivity contribution in [3.8, 4) is 0 Å².